The molecule has 0 aromatic heterocycles. The van der Waals surface area contributed by atoms with E-state index in [-0.39, 0.29) is 5.78 Å². The first-order valence-electron chi connectivity index (χ1n) is 4.88. The predicted molar refractivity (Wildman–Crippen MR) is 55.5 cm³/mol. The highest BCUT2D eigenvalue weighted by atomic mass is 16.1. The summed E-state index contributed by atoms with van der Waals surface area (Å²) in [4.78, 5) is 11.5. The van der Waals surface area contributed by atoms with Crippen LogP contribution in [0, 0.1) is 5.41 Å². The second-order valence-corrected chi connectivity index (χ2v) is 4.51. The zero-order chi connectivity index (χ0) is 9.90. The molecule has 0 N–H and O–H groups in total. The van der Waals surface area contributed by atoms with Crippen molar-refractivity contribution in [3.05, 3.63) is 24.3 Å². The predicted octanol–water partition coefficient (Wildman–Crippen LogP) is 3.27. The zero-order valence-electron chi connectivity index (χ0n) is 8.60. The number of Topliss-reactive ketones (excluding diaryl/α,β-unsaturated/α-hetero) is 1. The summed E-state index contributed by atoms with van der Waals surface area (Å²) in [6.07, 6.45) is 7.39. The van der Waals surface area contributed by atoms with Crippen LogP contribution in [0.1, 0.15) is 39.5 Å². The molecule has 1 rings (SSSR count). The van der Waals surface area contributed by atoms with Gasteiger partial charge in [0.05, 0.1) is 0 Å². The summed E-state index contributed by atoms with van der Waals surface area (Å²) in [5.74, 6) is 0.255. The molecule has 1 heteroatoms. The molecule has 0 aliphatic heterocycles. The van der Waals surface area contributed by atoms with Crippen molar-refractivity contribution in [1.29, 1.82) is 0 Å². The Morgan fingerprint density at radius 3 is 2.85 bits per heavy atom. The maximum atomic E-state index is 11.5. The minimum atomic E-state index is 0.255. The van der Waals surface area contributed by atoms with Crippen molar-refractivity contribution in [2.24, 2.45) is 5.41 Å². The molecule has 0 unspecified atom stereocenters. The lowest BCUT2D eigenvalue weighted by Gasteiger charge is -2.27. The molecule has 0 saturated carbocycles. The van der Waals surface area contributed by atoms with Gasteiger partial charge in [-0.05, 0) is 30.3 Å². The number of ketones is 1. The van der Waals surface area contributed by atoms with Crippen LogP contribution in [0.25, 0.3) is 0 Å². The number of hydrogen-bond acceptors (Lipinski definition) is 1. The highest BCUT2D eigenvalue weighted by molar-refractivity contribution is 5.96. The van der Waals surface area contributed by atoms with Gasteiger partial charge in [0.2, 0.25) is 0 Å². The molecule has 13 heavy (non-hydrogen) atoms. The van der Waals surface area contributed by atoms with Gasteiger partial charge in [-0.15, -0.1) is 6.58 Å². The monoisotopic (exact) mass is 178 g/mol. The van der Waals surface area contributed by atoms with E-state index in [4.69, 9.17) is 0 Å². The second kappa shape index (κ2) is 3.91. The van der Waals surface area contributed by atoms with Crippen molar-refractivity contribution < 1.29 is 4.79 Å². The van der Waals surface area contributed by atoms with Crippen molar-refractivity contribution in [1.82, 2.24) is 0 Å². The number of hydrogen-bond donors (Lipinski definition) is 0. The maximum absolute atomic E-state index is 11.5. The topological polar surface area (TPSA) is 17.1 Å². The lowest BCUT2D eigenvalue weighted by molar-refractivity contribution is -0.115. The van der Waals surface area contributed by atoms with Gasteiger partial charge in [-0.25, -0.2) is 0 Å². The third-order valence-corrected chi connectivity index (χ3v) is 2.66. The van der Waals surface area contributed by atoms with E-state index in [1.807, 2.05) is 0 Å². The third kappa shape index (κ3) is 2.83. The summed E-state index contributed by atoms with van der Waals surface area (Å²) in [5.41, 5.74) is 1.40. The Kier molecular flexibility index (Phi) is 3.07. The standard InChI is InChI=1S/C12H18O/c1-4-5-11(13)10-6-8-12(2,3)9-7-10/h4,6H,1,5,7-9H2,2-3H3. The lowest BCUT2D eigenvalue weighted by Crippen LogP contribution is -2.17. The Bertz CT molecular complexity index is 246. The number of carbonyl (C=O) groups is 1. The van der Waals surface area contributed by atoms with Crippen LogP contribution in [0.4, 0.5) is 0 Å². The molecule has 1 aliphatic carbocycles. The Labute approximate surface area is 80.5 Å². The quantitative estimate of drug-likeness (QED) is 0.606. The second-order valence-electron chi connectivity index (χ2n) is 4.51. The van der Waals surface area contributed by atoms with Crippen molar-refractivity contribution in [3.8, 4) is 0 Å². The summed E-state index contributed by atoms with van der Waals surface area (Å²) in [6.45, 7) is 8.07. The molecule has 0 amide bonds. The van der Waals surface area contributed by atoms with Crippen LogP contribution in [0.3, 0.4) is 0 Å². The fourth-order valence-corrected chi connectivity index (χ4v) is 1.59. The Hall–Kier alpha value is -0.850. The van der Waals surface area contributed by atoms with Crippen LogP contribution in [0.5, 0.6) is 0 Å². The summed E-state index contributed by atoms with van der Waals surface area (Å²) in [5, 5.41) is 0. The van der Waals surface area contributed by atoms with Gasteiger partial charge in [-0.3, -0.25) is 4.79 Å². The maximum Gasteiger partial charge on any atom is 0.162 e. The van der Waals surface area contributed by atoms with E-state index < -0.39 is 0 Å². The van der Waals surface area contributed by atoms with Gasteiger partial charge < -0.3 is 0 Å². The van der Waals surface area contributed by atoms with E-state index in [0.29, 0.717) is 11.8 Å². The largest absolute Gasteiger partial charge is 0.294 e. The number of carbonyl (C=O) groups excluding carboxylic acids is 1. The van der Waals surface area contributed by atoms with Crippen molar-refractivity contribution in [2.45, 2.75) is 39.5 Å². The average Bonchev–Trinajstić information content (AvgIpc) is 2.04. The minimum absolute atomic E-state index is 0.255. The molecular weight excluding hydrogens is 160 g/mol. The highest BCUT2D eigenvalue weighted by Gasteiger charge is 2.23. The van der Waals surface area contributed by atoms with Gasteiger partial charge in [0, 0.05) is 6.42 Å². The summed E-state index contributed by atoms with van der Waals surface area (Å²) >= 11 is 0. The van der Waals surface area contributed by atoms with Crippen LogP contribution in [-0.4, -0.2) is 5.78 Å². The van der Waals surface area contributed by atoms with Gasteiger partial charge in [-0.1, -0.05) is 26.0 Å². The van der Waals surface area contributed by atoms with E-state index in [9.17, 15) is 4.79 Å². The zero-order valence-corrected chi connectivity index (χ0v) is 8.60. The van der Waals surface area contributed by atoms with Crippen LogP contribution in [-0.2, 0) is 4.79 Å². The normalized spacial score (nSPS) is 20.6. The fourth-order valence-electron chi connectivity index (χ4n) is 1.59. The van der Waals surface area contributed by atoms with Gasteiger partial charge in [-0.2, -0.15) is 0 Å². The molecule has 0 bridgehead atoms. The lowest BCUT2D eigenvalue weighted by atomic mass is 9.77. The first-order chi connectivity index (χ1) is 6.05. The molecule has 72 valence electrons. The van der Waals surface area contributed by atoms with Gasteiger partial charge >= 0.3 is 0 Å². The van der Waals surface area contributed by atoms with Crippen molar-refractivity contribution in [2.75, 3.05) is 0 Å². The van der Waals surface area contributed by atoms with E-state index in [1.54, 1.807) is 6.08 Å². The fraction of sp³-hybridized carbons (Fsp3) is 0.583. The Morgan fingerprint density at radius 1 is 1.69 bits per heavy atom. The molecule has 0 spiro atoms. The van der Waals surface area contributed by atoms with Crippen molar-refractivity contribution >= 4 is 5.78 Å². The molecule has 0 aromatic rings. The van der Waals surface area contributed by atoms with E-state index in [1.165, 1.54) is 0 Å². The van der Waals surface area contributed by atoms with Crippen molar-refractivity contribution in [3.63, 3.8) is 0 Å². The van der Waals surface area contributed by atoms with Crippen LogP contribution >= 0.6 is 0 Å². The minimum Gasteiger partial charge on any atom is -0.294 e. The summed E-state index contributed by atoms with van der Waals surface area (Å²) in [7, 11) is 0. The summed E-state index contributed by atoms with van der Waals surface area (Å²) < 4.78 is 0. The molecule has 0 atom stereocenters. The smallest absolute Gasteiger partial charge is 0.162 e. The highest BCUT2D eigenvalue weighted by Crippen LogP contribution is 2.34. The van der Waals surface area contributed by atoms with Gasteiger partial charge in [0.25, 0.3) is 0 Å². The molecule has 1 aliphatic rings. The molecule has 0 fully saturated rings. The van der Waals surface area contributed by atoms with Crippen LogP contribution in [0.2, 0.25) is 0 Å². The molecular formula is C12H18O. The SMILES string of the molecule is C=CCC(=O)C1=CCC(C)(C)CC1. The van der Waals surface area contributed by atoms with E-state index in [2.05, 4.69) is 26.5 Å². The molecule has 0 aromatic carbocycles. The van der Waals surface area contributed by atoms with Gasteiger partial charge in [0.15, 0.2) is 5.78 Å². The average molecular weight is 178 g/mol. The number of allylic oxidation sites excluding steroid dienone is 3. The Balaban J connectivity index is 2.60. The first-order valence-corrected chi connectivity index (χ1v) is 4.88. The van der Waals surface area contributed by atoms with Gasteiger partial charge in [0.1, 0.15) is 0 Å². The molecule has 0 heterocycles. The summed E-state index contributed by atoms with van der Waals surface area (Å²) in [6, 6.07) is 0. The van der Waals surface area contributed by atoms with E-state index >= 15 is 0 Å². The Morgan fingerprint density at radius 2 is 2.38 bits per heavy atom. The molecule has 0 saturated heterocycles. The first kappa shape index (κ1) is 10.2. The van der Waals surface area contributed by atoms with Crippen LogP contribution < -0.4 is 0 Å². The molecule has 1 nitrogen and oxygen atoms in total. The van der Waals surface area contributed by atoms with Crippen LogP contribution in [0.15, 0.2) is 24.3 Å². The third-order valence-electron chi connectivity index (χ3n) is 2.66. The number of rotatable bonds is 3. The van der Waals surface area contributed by atoms with E-state index in [0.717, 1.165) is 24.8 Å². The molecule has 0 radical (unpaired) electrons.